The van der Waals surface area contributed by atoms with Crippen molar-refractivity contribution in [2.24, 2.45) is 11.8 Å². The Morgan fingerprint density at radius 3 is 2.40 bits per heavy atom. The Hall–Kier alpha value is -3.67. The van der Waals surface area contributed by atoms with Gasteiger partial charge < -0.3 is 19.6 Å². The third-order valence-corrected chi connectivity index (χ3v) is 8.24. The average molecular weight is 563 g/mol. The Labute approximate surface area is 230 Å². The van der Waals surface area contributed by atoms with E-state index >= 15 is 0 Å². The van der Waals surface area contributed by atoms with Crippen LogP contribution in [0.3, 0.4) is 0 Å². The van der Waals surface area contributed by atoms with Crippen molar-refractivity contribution in [3.63, 3.8) is 0 Å². The minimum atomic E-state index is -5.08. The third kappa shape index (κ3) is 6.22. The van der Waals surface area contributed by atoms with E-state index in [0.29, 0.717) is 25.4 Å². The van der Waals surface area contributed by atoms with Gasteiger partial charge in [0.05, 0.1) is 25.0 Å². The maximum Gasteiger partial charge on any atom is 0.490 e. The summed E-state index contributed by atoms with van der Waals surface area (Å²) >= 11 is 0. The second kappa shape index (κ2) is 11.8. The Morgan fingerprint density at radius 2 is 1.80 bits per heavy atom. The van der Waals surface area contributed by atoms with Crippen LogP contribution < -0.4 is 4.74 Å². The van der Waals surface area contributed by atoms with E-state index in [1.807, 2.05) is 53.4 Å². The molecule has 3 aliphatic heterocycles. The van der Waals surface area contributed by atoms with Gasteiger partial charge in [-0.25, -0.2) is 4.79 Å². The van der Waals surface area contributed by atoms with Crippen LogP contribution in [0, 0.1) is 11.8 Å². The quantitative estimate of drug-likeness (QED) is 0.598. The molecule has 1 spiro atoms. The van der Waals surface area contributed by atoms with Gasteiger partial charge in [-0.1, -0.05) is 18.2 Å². The van der Waals surface area contributed by atoms with E-state index in [4.69, 9.17) is 14.6 Å². The topological polar surface area (TPSA) is 103 Å². The average Bonchev–Trinajstić information content (AvgIpc) is 3.43. The lowest BCUT2D eigenvalue weighted by atomic mass is 9.75. The van der Waals surface area contributed by atoms with Gasteiger partial charge in [0.25, 0.3) is 0 Å². The smallest absolute Gasteiger partial charge is 0.490 e. The number of aromatic nitrogens is 1. The largest absolute Gasteiger partial charge is 0.497 e. The number of carboxylic acid groups (broad SMARTS) is 1. The first kappa shape index (κ1) is 29.3. The minimum absolute atomic E-state index is 0.0608. The Bertz CT molecular complexity index is 1220. The molecule has 2 amide bonds. The molecule has 0 unspecified atom stereocenters. The number of benzene rings is 1. The summed E-state index contributed by atoms with van der Waals surface area (Å²) in [5, 5.41) is 7.12. The Kier molecular flexibility index (Phi) is 8.67. The van der Waals surface area contributed by atoms with Crippen LogP contribution in [0.15, 0.2) is 48.8 Å². The third-order valence-electron chi connectivity index (χ3n) is 8.24. The molecule has 0 saturated carbocycles. The van der Waals surface area contributed by atoms with Gasteiger partial charge in [-0.05, 0) is 42.2 Å². The van der Waals surface area contributed by atoms with Crippen LogP contribution in [0.2, 0.25) is 0 Å². The molecule has 40 heavy (non-hydrogen) atoms. The summed E-state index contributed by atoms with van der Waals surface area (Å²) in [6.45, 7) is 3.97. The fraction of sp³-hybridized carbons (Fsp3) is 0.500. The summed E-state index contributed by atoms with van der Waals surface area (Å²) in [4.78, 5) is 45.7. The number of ether oxygens (including phenoxy) is 1. The van der Waals surface area contributed by atoms with Gasteiger partial charge in [-0.3, -0.25) is 19.5 Å². The van der Waals surface area contributed by atoms with Crippen LogP contribution in [-0.2, 0) is 27.3 Å². The molecule has 2 atom stereocenters. The summed E-state index contributed by atoms with van der Waals surface area (Å²) in [6, 6.07) is 11.8. The maximum atomic E-state index is 13.2. The van der Waals surface area contributed by atoms with Crippen molar-refractivity contribution in [1.29, 1.82) is 0 Å². The lowest BCUT2D eigenvalue weighted by Crippen LogP contribution is -2.56. The van der Waals surface area contributed by atoms with Crippen molar-refractivity contribution in [2.45, 2.75) is 37.5 Å². The molecule has 1 aromatic carbocycles. The summed E-state index contributed by atoms with van der Waals surface area (Å²) < 4.78 is 37.0. The number of carboxylic acids is 1. The number of methoxy groups -OCH3 is 1. The van der Waals surface area contributed by atoms with E-state index in [1.165, 1.54) is 5.56 Å². The van der Waals surface area contributed by atoms with Gasteiger partial charge in [0.2, 0.25) is 11.8 Å². The number of piperidine rings is 1. The van der Waals surface area contributed by atoms with Crippen LogP contribution in [0.4, 0.5) is 13.2 Å². The number of fused-ring (bicyclic) bond motifs is 2. The number of halogens is 3. The number of alkyl halides is 3. The van der Waals surface area contributed by atoms with Gasteiger partial charge >= 0.3 is 12.1 Å². The monoisotopic (exact) mass is 562 g/mol. The predicted molar refractivity (Wildman–Crippen MR) is 138 cm³/mol. The van der Waals surface area contributed by atoms with Crippen molar-refractivity contribution in [1.82, 2.24) is 19.7 Å². The van der Waals surface area contributed by atoms with E-state index in [0.717, 1.165) is 43.8 Å². The Morgan fingerprint density at radius 1 is 1.12 bits per heavy atom. The number of amides is 2. The van der Waals surface area contributed by atoms with Gasteiger partial charge in [0.1, 0.15) is 5.75 Å². The SMILES string of the molecule is COc1cccc(CC(=O)N2CCC3(CC2)[C@@H]2CN(Cc4cccnc4)C[C@@H]2C(=O)N3C)c1.O=C(O)C(F)(F)F. The molecule has 0 bridgehead atoms. The molecule has 1 N–H and O–H groups in total. The number of carbonyl (C=O) groups excluding carboxylic acids is 2. The number of hydrogen-bond acceptors (Lipinski definition) is 6. The second-order valence-electron chi connectivity index (χ2n) is 10.5. The van der Waals surface area contributed by atoms with E-state index < -0.39 is 12.1 Å². The van der Waals surface area contributed by atoms with Crippen LogP contribution in [0.25, 0.3) is 0 Å². The molecule has 3 aliphatic rings. The molecule has 0 radical (unpaired) electrons. The molecule has 5 rings (SSSR count). The zero-order chi connectivity index (χ0) is 29.1. The van der Waals surface area contributed by atoms with E-state index in [-0.39, 0.29) is 23.3 Å². The number of rotatable bonds is 5. The highest BCUT2D eigenvalue weighted by Crippen LogP contribution is 2.49. The zero-order valence-electron chi connectivity index (χ0n) is 22.4. The van der Waals surface area contributed by atoms with Crippen LogP contribution >= 0.6 is 0 Å². The van der Waals surface area contributed by atoms with Crippen LogP contribution in [0.5, 0.6) is 5.75 Å². The first-order valence-electron chi connectivity index (χ1n) is 13.0. The molecule has 12 heteroatoms. The van der Waals surface area contributed by atoms with Gasteiger partial charge in [0.15, 0.2) is 0 Å². The molecule has 2 aromatic rings. The predicted octanol–water partition coefficient (Wildman–Crippen LogP) is 2.85. The molecular formula is C28H33F3N4O5. The number of aliphatic carboxylic acids is 1. The second-order valence-corrected chi connectivity index (χ2v) is 10.5. The van der Waals surface area contributed by atoms with E-state index in [1.54, 1.807) is 13.3 Å². The van der Waals surface area contributed by atoms with Crippen molar-refractivity contribution >= 4 is 17.8 Å². The maximum absolute atomic E-state index is 13.2. The lowest BCUT2D eigenvalue weighted by Gasteiger charge is -2.46. The van der Waals surface area contributed by atoms with Crippen molar-refractivity contribution in [2.75, 3.05) is 40.3 Å². The zero-order valence-corrected chi connectivity index (χ0v) is 22.4. The fourth-order valence-electron chi connectivity index (χ4n) is 6.19. The van der Waals surface area contributed by atoms with Crippen molar-refractivity contribution < 1.29 is 37.4 Å². The molecule has 1 aromatic heterocycles. The summed E-state index contributed by atoms with van der Waals surface area (Å²) in [7, 11) is 3.61. The number of hydrogen-bond donors (Lipinski definition) is 1. The lowest BCUT2D eigenvalue weighted by molar-refractivity contribution is -0.192. The van der Waals surface area contributed by atoms with Gasteiger partial charge in [-0.2, -0.15) is 13.2 Å². The molecule has 0 aliphatic carbocycles. The standard InChI is InChI=1S/C26H32N4O3.C2HF3O2/c1-28-25(32)22-17-29(16-20-6-4-10-27-15-20)18-23(22)26(28)8-11-30(12-9-26)24(31)14-19-5-3-7-21(13-19)33-2;3-2(4,5)1(6)7/h3-7,10,13,15,22-23H,8-9,11-12,14,16-18H2,1-2H3;(H,6,7)/t22-,23+;/m0./s1. The van der Waals surface area contributed by atoms with Crippen LogP contribution in [0.1, 0.15) is 24.0 Å². The molecule has 9 nitrogen and oxygen atoms in total. The van der Waals surface area contributed by atoms with E-state index in [2.05, 4.69) is 16.0 Å². The molecule has 4 heterocycles. The molecule has 216 valence electrons. The van der Waals surface area contributed by atoms with Crippen molar-refractivity contribution in [3.05, 3.63) is 59.9 Å². The van der Waals surface area contributed by atoms with Gasteiger partial charge in [0, 0.05) is 58.1 Å². The summed E-state index contributed by atoms with van der Waals surface area (Å²) in [5.41, 5.74) is 2.01. The summed E-state index contributed by atoms with van der Waals surface area (Å²) in [5.74, 6) is -1.19. The first-order chi connectivity index (χ1) is 18.9. The highest BCUT2D eigenvalue weighted by atomic mass is 19.4. The Balaban J connectivity index is 0.000000470. The van der Waals surface area contributed by atoms with Gasteiger partial charge in [-0.15, -0.1) is 0 Å². The molecular weight excluding hydrogens is 529 g/mol. The van der Waals surface area contributed by atoms with Crippen LogP contribution in [-0.4, -0.2) is 94.6 Å². The highest BCUT2D eigenvalue weighted by Gasteiger charge is 2.60. The number of nitrogens with zero attached hydrogens (tertiary/aromatic N) is 4. The van der Waals surface area contributed by atoms with Crippen molar-refractivity contribution in [3.8, 4) is 5.75 Å². The molecule has 3 fully saturated rings. The number of likely N-dealkylation sites (tertiary alicyclic amines) is 3. The highest BCUT2D eigenvalue weighted by molar-refractivity contribution is 5.84. The summed E-state index contributed by atoms with van der Waals surface area (Å²) in [6.07, 6.45) is 0.690. The molecule has 3 saturated heterocycles. The fourth-order valence-corrected chi connectivity index (χ4v) is 6.19. The first-order valence-corrected chi connectivity index (χ1v) is 13.0. The normalized spacial score (nSPS) is 22.1. The van der Waals surface area contributed by atoms with E-state index in [9.17, 15) is 22.8 Å². The number of pyridine rings is 1. The number of carbonyl (C=O) groups is 3. The minimum Gasteiger partial charge on any atom is -0.497 e.